The summed E-state index contributed by atoms with van der Waals surface area (Å²) in [7, 11) is 0. The fourth-order valence-corrected chi connectivity index (χ4v) is 5.73. The molecule has 0 spiro atoms. The number of hydrogen-bond donors (Lipinski definition) is 1. The van der Waals surface area contributed by atoms with Crippen LogP contribution in [0.25, 0.3) is 19.5 Å². The summed E-state index contributed by atoms with van der Waals surface area (Å²) < 4.78 is 5.59. The first-order chi connectivity index (χ1) is 12.2. The Balaban J connectivity index is 1.45. The number of nitrogens with one attached hydrogen (secondary N) is 1. The average molecular weight is 367 g/mol. The van der Waals surface area contributed by atoms with E-state index in [1.54, 1.807) is 28.9 Å². The zero-order chi connectivity index (χ0) is 17.0. The van der Waals surface area contributed by atoms with Gasteiger partial charge in [-0.1, -0.05) is 18.2 Å². The van der Waals surface area contributed by atoms with Crippen LogP contribution in [0, 0.1) is 5.92 Å². The first-order valence-corrected chi connectivity index (χ1v) is 10.1. The predicted molar refractivity (Wildman–Crippen MR) is 105 cm³/mol. The highest BCUT2D eigenvalue weighted by Gasteiger charge is 2.31. The molecule has 0 saturated heterocycles. The zero-order valence-electron chi connectivity index (χ0n) is 13.7. The number of nitrogens with zero attached hydrogens (tertiary/aromatic N) is 2. The van der Waals surface area contributed by atoms with Gasteiger partial charge in [-0.3, -0.25) is 4.79 Å². The smallest absolute Gasteiger partial charge is 0.266 e. The van der Waals surface area contributed by atoms with E-state index in [2.05, 4.69) is 35.5 Å². The summed E-state index contributed by atoms with van der Waals surface area (Å²) in [5.41, 5.74) is 0. The molecule has 4 aromatic rings. The van der Waals surface area contributed by atoms with Crippen molar-refractivity contribution in [3.8, 4) is 0 Å². The average Bonchev–Trinajstić information content (AvgIpc) is 3.07. The van der Waals surface area contributed by atoms with Crippen LogP contribution in [0.4, 0.5) is 5.82 Å². The normalized spacial score (nSPS) is 15.7. The molecule has 1 N–H and O–H groups in total. The Morgan fingerprint density at radius 1 is 1.24 bits per heavy atom. The van der Waals surface area contributed by atoms with Gasteiger partial charge in [-0.05, 0) is 37.8 Å². The van der Waals surface area contributed by atoms with Gasteiger partial charge < -0.3 is 5.32 Å². The van der Waals surface area contributed by atoms with Crippen LogP contribution in [0.1, 0.15) is 35.5 Å². The third-order valence-corrected chi connectivity index (χ3v) is 7.29. The van der Waals surface area contributed by atoms with Gasteiger partial charge in [-0.15, -0.1) is 22.7 Å². The van der Waals surface area contributed by atoms with Crippen LogP contribution in [-0.4, -0.2) is 15.7 Å². The molecule has 1 saturated carbocycles. The predicted octanol–water partition coefficient (Wildman–Crippen LogP) is 5.54. The fraction of sp³-hybridized carbons (Fsp3) is 0.263. The molecule has 1 amide bonds. The van der Waals surface area contributed by atoms with Crippen molar-refractivity contribution in [3.05, 3.63) is 47.5 Å². The molecule has 1 aromatic carbocycles. The summed E-state index contributed by atoms with van der Waals surface area (Å²) in [6.07, 6.45) is 4.26. The van der Waals surface area contributed by atoms with E-state index in [0.29, 0.717) is 12.0 Å². The van der Waals surface area contributed by atoms with E-state index >= 15 is 0 Å². The zero-order valence-corrected chi connectivity index (χ0v) is 15.4. The van der Waals surface area contributed by atoms with E-state index in [1.165, 1.54) is 32.3 Å². The largest absolute Gasteiger partial charge is 0.306 e. The second-order valence-corrected chi connectivity index (χ2v) is 8.73. The van der Waals surface area contributed by atoms with Crippen molar-refractivity contribution in [1.82, 2.24) is 9.78 Å². The Hall–Kier alpha value is -2.18. The van der Waals surface area contributed by atoms with Crippen molar-refractivity contribution in [2.75, 3.05) is 5.32 Å². The van der Waals surface area contributed by atoms with Gasteiger partial charge in [0.05, 0.1) is 21.8 Å². The van der Waals surface area contributed by atoms with Crippen molar-refractivity contribution in [3.63, 3.8) is 0 Å². The summed E-state index contributed by atoms with van der Waals surface area (Å²) in [6.45, 7) is 2.17. The third-order valence-electron chi connectivity index (χ3n) is 4.88. The standard InChI is InChI=1S/C19H17N3OS2/c1-11(12-6-7-12)22-17(8-9-20-22)21-19(23)16-10-15-18(25-16)13-4-2-3-5-14(13)24-15/h2-5,8-12H,6-7H2,1H3,(H,21,23). The van der Waals surface area contributed by atoms with Crippen molar-refractivity contribution in [1.29, 1.82) is 0 Å². The summed E-state index contributed by atoms with van der Waals surface area (Å²) in [5, 5.41) is 8.69. The maximum absolute atomic E-state index is 12.7. The first-order valence-electron chi connectivity index (χ1n) is 8.46. The van der Waals surface area contributed by atoms with E-state index < -0.39 is 0 Å². The van der Waals surface area contributed by atoms with Crippen LogP contribution in [0.2, 0.25) is 0 Å². The summed E-state index contributed by atoms with van der Waals surface area (Å²) in [6, 6.07) is 12.6. The molecular formula is C19H17N3OS2. The lowest BCUT2D eigenvalue weighted by Gasteiger charge is -2.15. The second-order valence-electron chi connectivity index (χ2n) is 6.60. The van der Waals surface area contributed by atoms with Gasteiger partial charge in [0, 0.05) is 20.9 Å². The molecule has 4 nitrogen and oxygen atoms in total. The molecule has 1 aliphatic carbocycles. The topological polar surface area (TPSA) is 46.9 Å². The third kappa shape index (κ3) is 2.56. The summed E-state index contributed by atoms with van der Waals surface area (Å²) >= 11 is 3.31. The minimum absolute atomic E-state index is 0.0535. The molecule has 1 aliphatic rings. The van der Waals surface area contributed by atoms with E-state index in [4.69, 9.17) is 0 Å². The van der Waals surface area contributed by atoms with E-state index in [1.807, 2.05) is 22.9 Å². The van der Waals surface area contributed by atoms with Crippen molar-refractivity contribution in [2.45, 2.75) is 25.8 Å². The number of hydrogen-bond acceptors (Lipinski definition) is 4. The highest BCUT2D eigenvalue weighted by Crippen LogP contribution is 2.41. The van der Waals surface area contributed by atoms with Crippen LogP contribution in [0.15, 0.2) is 42.6 Å². The minimum Gasteiger partial charge on any atom is -0.306 e. The van der Waals surface area contributed by atoms with Crippen LogP contribution < -0.4 is 5.32 Å². The van der Waals surface area contributed by atoms with Crippen LogP contribution in [0.5, 0.6) is 0 Å². The Labute approximate surface area is 153 Å². The van der Waals surface area contributed by atoms with Crippen LogP contribution in [0.3, 0.4) is 0 Å². The Kier molecular flexibility index (Phi) is 3.43. The fourth-order valence-electron chi connectivity index (χ4n) is 3.31. The number of anilines is 1. The lowest BCUT2D eigenvalue weighted by Crippen LogP contribution is -2.17. The molecule has 0 radical (unpaired) electrons. The monoisotopic (exact) mass is 367 g/mol. The second kappa shape index (κ2) is 5.68. The molecule has 3 heterocycles. The van der Waals surface area contributed by atoms with E-state index in [-0.39, 0.29) is 5.91 Å². The van der Waals surface area contributed by atoms with Crippen molar-refractivity contribution < 1.29 is 4.79 Å². The number of benzene rings is 1. The molecule has 1 atom stereocenters. The van der Waals surface area contributed by atoms with Crippen molar-refractivity contribution in [2.24, 2.45) is 5.92 Å². The number of fused-ring (bicyclic) bond motifs is 3. The number of thiophene rings is 2. The van der Waals surface area contributed by atoms with Gasteiger partial charge in [0.1, 0.15) is 5.82 Å². The van der Waals surface area contributed by atoms with Crippen molar-refractivity contribution >= 4 is 53.9 Å². The number of rotatable bonds is 4. The highest BCUT2D eigenvalue weighted by atomic mass is 32.1. The Morgan fingerprint density at radius 2 is 2.08 bits per heavy atom. The molecule has 6 heteroatoms. The first kappa shape index (κ1) is 15.1. The molecule has 0 aliphatic heterocycles. The SMILES string of the molecule is CC(C1CC1)n1nccc1NC(=O)c1cc2sc3ccccc3c2s1. The number of carbonyl (C=O) groups excluding carboxylic acids is 1. The van der Waals surface area contributed by atoms with Gasteiger partial charge in [0.25, 0.3) is 5.91 Å². The minimum atomic E-state index is -0.0535. The van der Waals surface area contributed by atoms with Crippen LogP contribution >= 0.6 is 22.7 Å². The highest BCUT2D eigenvalue weighted by molar-refractivity contribution is 7.33. The molecule has 126 valence electrons. The lowest BCUT2D eigenvalue weighted by atomic mass is 10.2. The molecular weight excluding hydrogens is 350 g/mol. The number of amides is 1. The van der Waals surface area contributed by atoms with Crippen LogP contribution in [-0.2, 0) is 0 Å². The number of aromatic nitrogens is 2. The van der Waals surface area contributed by atoms with Gasteiger partial charge in [0.2, 0.25) is 0 Å². The molecule has 25 heavy (non-hydrogen) atoms. The lowest BCUT2D eigenvalue weighted by molar-refractivity contribution is 0.102. The van der Waals surface area contributed by atoms with E-state index in [0.717, 1.165) is 10.7 Å². The molecule has 1 unspecified atom stereocenters. The quantitative estimate of drug-likeness (QED) is 0.515. The molecule has 0 bridgehead atoms. The molecule has 1 fully saturated rings. The Morgan fingerprint density at radius 3 is 2.92 bits per heavy atom. The van der Waals surface area contributed by atoms with E-state index in [9.17, 15) is 4.79 Å². The molecule has 3 aromatic heterocycles. The summed E-state index contributed by atoms with van der Waals surface area (Å²) in [5.74, 6) is 1.42. The van der Waals surface area contributed by atoms with Gasteiger partial charge in [-0.2, -0.15) is 5.10 Å². The van der Waals surface area contributed by atoms with Gasteiger partial charge >= 0.3 is 0 Å². The van der Waals surface area contributed by atoms with Gasteiger partial charge in [0.15, 0.2) is 0 Å². The number of carbonyl (C=O) groups is 1. The maximum atomic E-state index is 12.7. The summed E-state index contributed by atoms with van der Waals surface area (Å²) in [4.78, 5) is 13.5. The molecule has 5 rings (SSSR count). The van der Waals surface area contributed by atoms with Gasteiger partial charge in [-0.25, -0.2) is 4.68 Å². The Bertz CT molecular complexity index is 1090. The maximum Gasteiger partial charge on any atom is 0.266 e.